The van der Waals surface area contributed by atoms with Gasteiger partial charge >= 0.3 is 0 Å². The minimum absolute atomic E-state index is 0.290. The number of halogens is 2. The van der Waals surface area contributed by atoms with Crippen LogP contribution in [-0.4, -0.2) is 49.9 Å². The number of nitrogens with one attached hydrogen (secondary N) is 4. The molecule has 25 heavy (non-hydrogen) atoms. The number of alkyl halides is 2. The molecule has 2 heterocycles. The van der Waals surface area contributed by atoms with Gasteiger partial charge in [-0.25, -0.2) is 8.78 Å². The SMILES string of the molecule is CCCN1CCNC(NCc2ccc(C3NOC(C(F)F)N3)cc2)C1. The van der Waals surface area contributed by atoms with Crippen LogP contribution in [0.5, 0.6) is 0 Å². The molecule has 3 unspecified atom stereocenters. The van der Waals surface area contributed by atoms with E-state index in [0.717, 1.165) is 43.9 Å². The van der Waals surface area contributed by atoms with Crippen molar-refractivity contribution in [3.05, 3.63) is 35.4 Å². The molecule has 0 saturated carbocycles. The summed E-state index contributed by atoms with van der Waals surface area (Å²) in [4.78, 5) is 7.30. The third-order valence-corrected chi connectivity index (χ3v) is 4.54. The second-order valence-corrected chi connectivity index (χ2v) is 6.52. The van der Waals surface area contributed by atoms with Crippen LogP contribution in [0, 0.1) is 0 Å². The van der Waals surface area contributed by atoms with Crippen LogP contribution in [0.1, 0.15) is 30.6 Å². The maximum Gasteiger partial charge on any atom is 0.279 e. The minimum atomic E-state index is -2.56. The lowest BCUT2D eigenvalue weighted by Crippen LogP contribution is -2.56. The minimum Gasteiger partial charge on any atom is -0.300 e. The average Bonchev–Trinajstić information content (AvgIpc) is 3.12. The van der Waals surface area contributed by atoms with Crippen LogP contribution in [0.2, 0.25) is 0 Å². The second kappa shape index (κ2) is 8.98. The largest absolute Gasteiger partial charge is 0.300 e. The molecule has 0 aromatic heterocycles. The van der Waals surface area contributed by atoms with Gasteiger partial charge in [-0.05, 0) is 24.1 Å². The highest BCUT2D eigenvalue weighted by Gasteiger charge is 2.32. The Kier molecular flexibility index (Phi) is 6.69. The zero-order valence-electron chi connectivity index (χ0n) is 14.5. The Hall–Kier alpha value is -1.16. The fourth-order valence-corrected chi connectivity index (χ4v) is 3.20. The first-order valence-corrected chi connectivity index (χ1v) is 8.89. The maximum absolute atomic E-state index is 12.6. The summed E-state index contributed by atoms with van der Waals surface area (Å²) in [5.74, 6) is 0. The fraction of sp³-hybridized carbons (Fsp3) is 0.647. The smallest absolute Gasteiger partial charge is 0.279 e. The standard InChI is InChI=1S/C17H27F2N5O/c1-2-8-24-9-7-20-14(11-24)21-10-12-3-5-13(6-4-12)16-22-17(15(18)19)25-23-16/h3-6,14-17,20-23H,2,7-11H2,1H3. The number of piperazine rings is 1. The highest BCUT2D eigenvalue weighted by Crippen LogP contribution is 2.19. The van der Waals surface area contributed by atoms with Gasteiger partial charge in [-0.2, -0.15) is 5.48 Å². The highest BCUT2D eigenvalue weighted by atomic mass is 19.3. The Balaban J connectivity index is 1.46. The van der Waals surface area contributed by atoms with E-state index >= 15 is 0 Å². The maximum atomic E-state index is 12.6. The van der Waals surface area contributed by atoms with E-state index in [1.807, 2.05) is 24.3 Å². The number of nitrogens with zero attached hydrogens (tertiary/aromatic N) is 1. The van der Waals surface area contributed by atoms with Crippen molar-refractivity contribution in [2.45, 2.75) is 44.9 Å². The van der Waals surface area contributed by atoms with Gasteiger partial charge in [-0.3, -0.25) is 25.7 Å². The molecule has 0 aliphatic carbocycles. The van der Waals surface area contributed by atoms with Crippen LogP contribution in [0.15, 0.2) is 24.3 Å². The van der Waals surface area contributed by atoms with E-state index in [9.17, 15) is 8.78 Å². The number of rotatable bonds is 7. The monoisotopic (exact) mass is 355 g/mol. The molecule has 6 nitrogen and oxygen atoms in total. The lowest BCUT2D eigenvalue weighted by molar-refractivity contribution is -0.0675. The van der Waals surface area contributed by atoms with E-state index in [2.05, 4.69) is 33.3 Å². The molecule has 1 aromatic rings. The topological polar surface area (TPSA) is 60.6 Å². The Bertz CT molecular complexity index is 528. The molecule has 140 valence electrons. The van der Waals surface area contributed by atoms with Crippen molar-refractivity contribution in [1.29, 1.82) is 0 Å². The molecule has 3 atom stereocenters. The van der Waals surface area contributed by atoms with Crippen molar-refractivity contribution < 1.29 is 13.6 Å². The first kappa shape index (κ1) is 18.6. The molecule has 0 amide bonds. The van der Waals surface area contributed by atoms with Crippen molar-refractivity contribution in [3.8, 4) is 0 Å². The molecule has 1 aromatic carbocycles. The van der Waals surface area contributed by atoms with Crippen LogP contribution in [-0.2, 0) is 11.4 Å². The van der Waals surface area contributed by atoms with Crippen molar-refractivity contribution >= 4 is 0 Å². The van der Waals surface area contributed by atoms with E-state index < -0.39 is 18.8 Å². The number of hydrogen-bond donors (Lipinski definition) is 4. The van der Waals surface area contributed by atoms with Gasteiger partial charge in [-0.15, -0.1) is 0 Å². The van der Waals surface area contributed by atoms with Crippen LogP contribution in [0.3, 0.4) is 0 Å². The normalized spacial score (nSPS) is 27.9. The summed E-state index contributed by atoms with van der Waals surface area (Å²) in [6, 6.07) is 7.87. The van der Waals surface area contributed by atoms with Gasteiger partial charge in [0.15, 0.2) is 6.23 Å². The lowest BCUT2D eigenvalue weighted by Gasteiger charge is -2.34. The third kappa shape index (κ3) is 5.16. The lowest BCUT2D eigenvalue weighted by atomic mass is 10.1. The van der Waals surface area contributed by atoms with Crippen LogP contribution in [0.25, 0.3) is 0 Å². The van der Waals surface area contributed by atoms with Crippen LogP contribution in [0.4, 0.5) is 8.78 Å². The molecular formula is C17H27F2N5O. The quantitative estimate of drug-likeness (QED) is 0.588. The van der Waals surface area contributed by atoms with E-state index in [1.54, 1.807) is 0 Å². The Morgan fingerprint density at radius 3 is 2.80 bits per heavy atom. The van der Waals surface area contributed by atoms with Gasteiger partial charge in [0.05, 0.1) is 6.17 Å². The van der Waals surface area contributed by atoms with Gasteiger partial charge in [0.2, 0.25) is 0 Å². The highest BCUT2D eigenvalue weighted by molar-refractivity contribution is 5.25. The molecule has 0 bridgehead atoms. The van der Waals surface area contributed by atoms with E-state index in [0.29, 0.717) is 6.17 Å². The number of hydrogen-bond acceptors (Lipinski definition) is 6. The molecule has 8 heteroatoms. The zero-order valence-corrected chi connectivity index (χ0v) is 14.5. The first-order chi connectivity index (χ1) is 12.2. The molecule has 2 fully saturated rings. The summed E-state index contributed by atoms with van der Waals surface area (Å²) in [6.45, 7) is 7.21. The van der Waals surface area contributed by atoms with Crippen molar-refractivity contribution in [2.75, 3.05) is 26.2 Å². The molecule has 0 radical (unpaired) electrons. The van der Waals surface area contributed by atoms with Gasteiger partial charge in [-0.1, -0.05) is 31.2 Å². The molecule has 2 aliphatic rings. The molecule has 0 spiro atoms. The first-order valence-electron chi connectivity index (χ1n) is 8.89. The van der Waals surface area contributed by atoms with E-state index in [1.165, 1.54) is 6.42 Å². The number of hydroxylamine groups is 1. The molecule has 2 aliphatic heterocycles. The van der Waals surface area contributed by atoms with E-state index in [4.69, 9.17) is 4.84 Å². The van der Waals surface area contributed by atoms with Crippen molar-refractivity contribution in [3.63, 3.8) is 0 Å². The summed E-state index contributed by atoms with van der Waals surface area (Å²) < 4.78 is 25.2. The summed E-state index contributed by atoms with van der Waals surface area (Å²) in [5.41, 5.74) is 4.63. The molecular weight excluding hydrogens is 328 g/mol. The van der Waals surface area contributed by atoms with Gasteiger partial charge in [0.1, 0.15) is 6.17 Å². The molecule has 3 rings (SSSR count). The van der Waals surface area contributed by atoms with Crippen LogP contribution < -0.4 is 21.4 Å². The Labute approximate surface area is 147 Å². The molecule has 4 N–H and O–H groups in total. The van der Waals surface area contributed by atoms with Crippen LogP contribution >= 0.6 is 0 Å². The van der Waals surface area contributed by atoms with Gasteiger partial charge in [0.25, 0.3) is 6.43 Å². The molecule has 2 saturated heterocycles. The Morgan fingerprint density at radius 1 is 1.32 bits per heavy atom. The predicted molar refractivity (Wildman–Crippen MR) is 91.7 cm³/mol. The van der Waals surface area contributed by atoms with Gasteiger partial charge in [0, 0.05) is 26.2 Å². The third-order valence-electron chi connectivity index (χ3n) is 4.54. The summed E-state index contributed by atoms with van der Waals surface area (Å²) >= 11 is 0. The number of benzene rings is 1. The van der Waals surface area contributed by atoms with Crippen molar-refractivity contribution in [1.82, 2.24) is 26.3 Å². The summed E-state index contributed by atoms with van der Waals surface area (Å²) in [7, 11) is 0. The second-order valence-electron chi connectivity index (χ2n) is 6.52. The summed E-state index contributed by atoms with van der Waals surface area (Å²) in [6.07, 6.45) is -2.78. The average molecular weight is 355 g/mol. The van der Waals surface area contributed by atoms with Crippen molar-refractivity contribution in [2.24, 2.45) is 0 Å². The van der Waals surface area contributed by atoms with Gasteiger partial charge < -0.3 is 0 Å². The predicted octanol–water partition coefficient (Wildman–Crippen LogP) is 1.13. The Morgan fingerprint density at radius 2 is 2.12 bits per heavy atom. The zero-order chi connectivity index (χ0) is 17.6. The summed E-state index contributed by atoms with van der Waals surface area (Å²) in [5, 5.41) is 9.73. The fourth-order valence-electron chi connectivity index (χ4n) is 3.20. The van der Waals surface area contributed by atoms with E-state index in [-0.39, 0.29) is 0 Å².